The van der Waals surface area contributed by atoms with Crippen LogP contribution in [0.25, 0.3) is 0 Å². The molecule has 1 aromatic rings. The van der Waals surface area contributed by atoms with Crippen LogP contribution in [0, 0.1) is 5.92 Å². The highest BCUT2D eigenvalue weighted by Gasteiger charge is 2.33. The Kier molecular flexibility index (Phi) is 5.08. The Morgan fingerprint density at radius 3 is 2.63 bits per heavy atom. The number of hydrogen-bond acceptors (Lipinski definition) is 3. The number of nitrogens with zero attached hydrogens (tertiary/aromatic N) is 1. The maximum absolute atomic E-state index is 6.19. The smallest absolute Gasteiger partial charge is 0.235 e. The van der Waals surface area contributed by atoms with E-state index in [0.717, 1.165) is 24.1 Å². The van der Waals surface area contributed by atoms with Gasteiger partial charge in [-0.15, -0.1) is 0 Å². The molecule has 0 spiro atoms. The van der Waals surface area contributed by atoms with Gasteiger partial charge in [-0.3, -0.25) is 0 Å². The van der Waals surface area contributed by atoms with Crippen molar-refractivity contribution in [3.05, 3.63) is 33.8 Å². The summed E-state index contributed by atoms with van der Waals surface area (Å²) in [7, 11) is 0. The normalized spacial score (nSPS) is 22.2. The monoisotopic (exact) mass is 301 g/mol. The van der Waals surface area contributed by atoms with Crippen molar-refractivity contribution in [3.8, 4) is 0 Å². The van der Waals surface area contributed by atoms with Gasteiger partial charge in [0.2, 0.25) is 6.29 Å². The minimum atomic E-state index is -0.353. The Labute approximate surface area is 123 Å². The average Bonchev–Trinajstić information content (AvgIpc) is 2.72. The summed E-state index contributed by atoms with van der Waals surface area (Å²) >= 11 is 12.4. The zero-order valence-corrected chi connectivity index (χ0v) is 12.5. The maximum Gasteiger partial charge on any atom is 0.235 e. The highest BCUT2D eigenvalue weighted by atomic mass is 35.5. The van der Waals surface area contributed by atoms with Crippen molar-refractivity contribution in [1.82, 2.24) is 0 Å². The Hall–Kier alpha value is -0.770. The van der Waals surface area contributed by atoms with Crippen LogP contribution in [-0.4, -0.2) is 18.6 Å². The number of ether oxygens (including phenoxy) is 1. The minimum absolute atomic E-state index is 0.00857. The van der Waals surface area contributed by atoms with Gasteiger partial charge in [0, 0.05) is 5.56 Å². The molecular weight excluding hydrogens is 285 g/mol. The van der Waals surface area contributed by atoms with Crippen LogP contribution in [0.15, 0.2) is 23.4 Å². The van der Waals surface area contributed by atoms with Crippen molar-refractivity contribution in [3.63, 3.8) is 0 Å². The summed E-state index contributed by atoms with van der Waals surface area (Å²) < 4.78 is 5.66. The second kappa shape index (κ2) is 6.60. The Bertz CT molecular complexity index is 456. The lowest BCUT2D eigenvalue weighted by atomic mass is 9.98. The molecule has 104 valence electrons. The summed E-state index contributed by atoms with van der Waals surface area (Å²) in [5.41, 5.74) is 1.48. The molecule has 0 aromatic heterocycles. The third-order valence-corrected chi connectivity index (χ3v) is 3.72. The fourth-order valence-corrected chi connectivity index (χ4v) is 2.54. The van der Waals surface area contributed by atoms with Crippen LogP contribution in [0.3, 0.4) is 0 Å². The summed E-state index contributed by atoms with van der Waals surface area (Å²) in [6.07, 6.45) is 1.74. The number of rotatable bonds is 5. The molecule has 0 aliphatic carbocycles. The van der Waals surface area contributed by atoms with E-state index in [4.69, 9.17) is 32.8 Å². The number of benzene rings is 1. The minimum Gasteiger partial charge on any atom is -0.363 e. The summed E-state index contributed by atoms with van der Waals surface area (Å²) in [5.74, 6) is 0.00857. The topological polar surface area (TPSA) is 30.8 Å². The average molecular weight is 302 g/mol. The van der Waals surface area contributed by atoms with Gasteiger partial charge in [-0.05, 0) is 18.6 Å². The summed E-state index contributed by atoms with van der Waals surface area (Å²) in [6, 6.07) is 5.40. The van der Waals surface area contributed by atoms with E-state index in [1.807, 2.05) is 13.0 Å². The van der Waals surface area contributed by atoms with Gasteiger partial charge in [-0.25, -0.2) is 0 Å². The van der Waals surface area contributed by atoms with Gasteiger partial charge in [0.15, 0.2) is 0 Å². The van der Waals surface area contributed by atoms with Gasteiger partial charge < -0.3 is 9.57 Å². The van der Waals surface area contributed by atoms with Crippen LogP contribution in [0.1, 0.15) is 32.3 Å². The predicted octanol–water partition coefficient (Wildman–Crippen LogP) is 4.51. The first-order valence-electron chi connectivity index (χ1n) is 6.44. The van der Waals surface area contributed by atoms with Gasteiger partial charge in [0.25, 0.3) is 0 Å². The molecule has 5 heteroatoms. The van der Waals surface area contributed by atoms with E-state index < -0.39 is 0 Å². The van der Waals surface area contributed by atoms with Crippen molar-refractivity contribution in [2.24, 2.45) is 11.1 Å². The fourth-order valence-electron chi connectivity index (χ4n) is 1.95. The molecule has 0 bridgehead atoms. The Morgan fingerprint density at radius 2 is 2.00 bits per heavy atom. The maximum atomic E-state index is 6.19. The molecule has 0 unspecified atom stereocenters. The number of halogens is 2. The molecule has 2 atom stereocenters. The highest BCUT2D eigenvalue weighted by Crippen LogP contribution is 2.32. The van der Waals surface area contributed by atoms with Gasteiger partial charge in [-0.2, -0.15) is 0 Å². The molecule has 0 saturated heterocycles. The van der Waals surface area contributed by atoms with E-state index in [1.54, 1.807) is 12.1 Å². The van der Waals surface area contributed by atoms with Crippen molar-refractivity contribution in [2.45, 2.75) is 33.0 Å². The molecule has 3 nitrogen and oxygen atoms in total. The summed E-state index contributed by atoms with van der Waals surface area (Å²) in [4.78, 5) is 5.34. The van der Waals surface area contributed by atoms with Crippen LogP contribution >= 0.6 is 23.2 Å². The first-order chi connectivity index (χ1) is 9.15. The van der Waals surface area contributed by atoms with E-state index in [0.29, 0.717) is 16.7 Å². The van der Waals surface area contributed by atoms with Gasteiger partial charge >= 0.3 is 0 Å². The van der Waals surface area contributed by atoms with E-state index in [1.165, 1.54) is 0 Å². The van der Waals surface area contributed by atoms with Gasteiger partial charge in [0.1, 0.15) is 0 Å². The van der Waals surface area contributed by atoms with Crippen LogP contribution in [-0.2, 0) is 9.57 Å². The molecule has 0 amide bonds. The lowest BCUT2D eigenvalue weighted by Gasteiger charge is -2.16. The quantitative estimate of drug-likeness (QED) is 0.749. The first-order valence-corrected chi connectivity index (χ1v) is 7.20. The van der Waals surface area contributed by atoms with Crippen LogP contribution in [0.5, 0.6) is 0 Å². The third kappa shape index (κ3) is 3.22. The van der Waals surface area contributed by atoms with Crippen LogP contribution < -0.4 is 0 Å². The molecule has 1 heterocycles. The lowest BCUT2D eigenvalue weighted by Crippen LogP contribution is -2.24. The highest BCUT2D eigenvalue weighted by molar-refractivity contribution is 6.40. The number of oxime groups is 1. The standard InChI is InChI=1S/C14H17Cl2NO2/c1-3-4-8-18-14-9(2)13(17-19-14)12-10(15)6-5-7-11(12)16/h5-7,9,14H,3-4,8H2,1-2H3/t9-,14+/m1/s1. The van der Waals surface area contributed by atoms with Crippen LogP contribution in [0.2, 0.25) is 10.0 Å². The molecule has 0 saturated carbocycles. The number of unbranched alkanes of at least 4 members (excludes halogenated alkanes) is 1. The fraction of sp³-hybridized carbons (Fsp3) is 0.500. The molecule has 1 aliphatic heterocycles. The molecule has 0 fully saturated rings. The van der Waals surface area contributed by atoms with Crippen LogP contribution in [0.4, 0.5) is 0 Å². The molecule has 1 aromatic carbocycles. The summed E-state index contributed by atoms with van der Waals surface area (Å²) in [5, 5.41) is 5.25. The molecule has 0 radical (unpaired) electrons. The largest absolute Gasteiger partial charge is 0.363 e. The van der Waals surface area contributed by atoms with Gasteiger partial charge in [0.05, 0.1) is 28.3 Å². The van der Waals surface area contributed by atoms with E-state index >= 15 is 0 Å². The van der Waals surface area contributed by atoms with Crippen molar-refractivity contribution < 1.29 is 9.57 Å². The zero-order valence-electron chi connectivity index (χ0n) is 11.0. The third-order valence-electron chi connectivity index (χ3n) is 3.09. The Morgan fingerprint density at radius 1 is 1.32 bits per heavy atom. The van der Waals surface area contributed by atoms with Gasteiger partial charge in [-0.1, -0.05) is 54.7 Å². The van der Waals surface area contributed by atoms with E-state index in [9.17, 15) is 0 Å². The van der Waals surface area contributed by atoms with Crippen molar-refractivity contribution in [2.75, 3.05) is 6.61 Å². The SMILES string of the molecule is CCCCO[C@H]1ON=C(c2c(Cl)cccc2Cl)[C@H]1C. The van der Waals surface area contributed by atoms with E-state index in [2.05, 4.69) is 12.1 Å². The first kappa shape index (κ1) is 14.6. The Balaban J connectivity index is 2.11. The zero-order chi connectivity index (χ0) is 13.8. The van der Waals surface area contributed by atoms with Crippen molar-refractivity contribution >= 4 is 28.9 Å². The predicted molar refractivity (Wildman–Crippen MR) is 77.9 cm³/mol. The van der Waals surface area contributed by atoms with Crippen molar-refractivity contribution in [1.29, 1.82) is 0 Å². The second-order valence-electron chi connectivity index (χ2n) is 4.56. The molecule has 1 aliphatic rings. The number of hydrogen-bond donors (Lipinski definition) is 0. The summed E-state index contributed by atoms with van der Waals surface area (Å²) in [6.45, 7) is 4.79. The second-order valence-corrected chi connectivity index (χ2v) is 5.37. The van der Waals surface area contributed by atoms with E-state index in [-0.39, 0.29) is 12.2 Å². The molecule has 19 heavy (non-hydrogen) atoms. The lowest BCUT2D eigenvalue weighted by molar-refractivity contribution is -0.142. The molecule has 2 rings (SSSR count). The molecular formula is C14H17Cl2NO2. The molecule has 0 N–H and O–H groups in total.